The molecule has 0 saturated heterocycles. The van der Waals surface area contributed by atoms with Crippen molar-refractivity contribution < 1.29 is 14.7 Å². The number of hydrogen-bond donors (Lipinski definition) is 3. The second-order valence-electron chi connectivity index (χ2n) is 6.09. The number of aryl methyl sites for hydroxylation is 1. The first-order valence-electron chi connectivity index (χ1n) is 7.63. The van der Waals surface area contributed by atoms with Crippen molar-refractivity contribution in [2.45, 2.75) is 46.3 Å². The minimum atomic E-state index is -0.653. The predicted octanol–water partition coefficient (Wildman–Crippen LogP) is 1.64. The van der Waals surface area contributed by atoms with Gasteiger partial charge < -0.3 is 15.7 Å². The fourth-order valence-corrected chi connectivity index (χ4v) is 2.13. The molecule has 0 aliphatic rings. The van der Waals surface area contributed by atoms with Crippen LogP contribution in [-0.4, -0.2) is 35.6 Å². The highest BCUT2D eigenvalue weighted by molar-refractivity contribution is 5.97. The molecule has 0 radical (unpaired) electrons. The molecule has 2 atom stereocenters. The summed E-state index contributed by atoms with van der Waals surface area (Å²) in [6.45, 7) is 7.74. The van der Waals surface area contributed by atoms with Gasteiger partial charge in [0.25, 0.3) is 5.91 Å². The highest BCUT2D eigenvalue weighted by Gasteiger charge is 2.17. The van der Waals surface area contributed by atoms with Gasteiger partial charge in [0.15, 0.2) is 0 Å². The zero-order valence-electron chi connectivity index (χ0n) is 13.7. The Morgan fingerprint density at radius 2 is 1.91 bits per heavy atom. The Labute approximate surface area is 132 Å². The zero-order chi connectivity index (χ0) is 16.7. The van der Waals surface area contributed by atoms with Gasteiger partial charge in [0.05, 0.1) is 6.10 Å². The Morgan fingerprint density at radius 3 is 2.50 bits per heavy atom. The van der Waals surface area contributed by atoms with Gasteiger partial charge in [-0.05, 0) is 38.3 Å². The quantitative estimate of drug-likeness (QED) is 0.716. The van der Waals surface area contributed by atoms with Crippen molar-refractivity contribution in [1.29, 1.82) is 0 Å². The molecular weight excluding hydrogens is 280 g/mol. The minimum Gasteiger partial charge on any atom is -0.391 e. The highest BCUT2D eigenvalue weighted by atomic mass is 16.3. The van der Waals surface area contributed by atoms with E-state index in [-0.39, 0.29) is 18.4 Å². The maximum atomic E-state index is 12.1. The van der Waals surface area contributed by atoms with Crippen LogP contribution in [0, 0.1) is 12.8 Å². The Hall–Kier alpha value is -1.88. The predicted molar refractivity (Wildman–Crippen MR) is 86.6 cm³/mol. The molecule has 0 aliphatic heterocycles. The monoisotopic (exact) mass is 306 g/mol. The first-order valence-corrected chi connectivity index (χ1v) is 7.63. The van der Waals surface area contributed by atoms with Crippen LogP contribution >= 0.6 is 0 Å². The van der Waals surface area contributed by atoms with Crippen LogP contribution in [0.1, 0.15) is 43.1 Å². The van der Waals surface area contributed by atoms with Crippen LogP contribution in [0.25, 0.3) is 0 Å². The highest BCUT2D eigenvalue weighted by Crippen LogP contribution is 2.05. The summed E-state index contributed by atoms with van der Waals surface area (Å²) in [4.78, 5) is 24.0. The summed E-state index contributed by atoms with van der Waals surface area (Å²) in [6, 6.07) is 6.53. The van der Waals surface area contributed by atoms with E-state index in [1.807, 2.05) is 26.8 Å². The zero-order valence-corrected chi connectivity index (χ0v) is 13.7. The number of amides is 2. The third-order valence-electron chi connectivity index (χ3n) is 3.28. The normalized spacial score (nSPS) is 13.5. The summed E-state index contributed by atoms with van der Waals surface area (Å²) >= 11 is 0. The molecule has 0 spiro atoms. The van der Waals surface area contributed by atoms with E-state index in [1.165, 1.54) is 0 Å². The first-order chi connectivity index (χ1) is 10.3. The van der Waals surface area contributed by atoms with Crippen molar-refractivity contribution in [1.82, 2.24) is 10.6 Å². The molecule has 0 bridgehead atoms. The molecule has 5 heteroatoms. The van der Waals surface area contributed by atoms with Gasteiger partial charge in [-0.25, -0.2) is 0 Å². The molecule has 1 rings (SSSR count). The lowest BCUT2D eigenvalue weighted by molar-refractivity contribution is -0.123. The van der Waals surface area contributed by atoms with Crippen LogP contribution in [0.2, 0.25) is 0 Å². The molecule has 0 aliphatic carbocycles. The smallest absolute Gasteiger partial charge is 0.251 e. The molecule has 0 fully saturated rings. The van der Waals surface area contributed by atoms with E-state index < -0.39 is 12.1 Å². The molecule has 5 nitrogen and oxygen atoms in total. The van der Waals surface area contributed by atoms with Crippen LogP contribution < -0.4 is 10.6 Å². The van der Waals surface area contributed by atoms with Gasteiger partial charge in [0, 0.05) is 12.1 Å². The molecule has 0 heterocycles. The van der Waals surface area contributed by atoms with Crippen molar-refractivity contribution >= 4 is 11.8 Å². The van der Waals surface area contributed by atoms with Gasteiger partial charge in [-0.3, -0.25) is 9.59 Å². The van der Waals surface area contributed by atoms with Crippen molar-refractivity contribution in [3.05, 3.63) is 35.4 Å². The van der Waals surface area contributed by atoms with Crippen molar-refractivity contribution in [2.75, 3.05) is 6.54 Å². The molecule has 2 amide bonds. The van der Waals surface area contributed by atoms with E-state index in [1.54, 1.807) is 25.1 Å². The second-order valence-corrected chi connectivity index (χ2v) is 6.09. The topological polar surface area (TPSA) is 78.4 Å². The van der Waals surface area contributed by atoms with Gasteiger partial charge in [-0.1, -0.05) is 31.5 Å². The molecule has 3 N–H and O–H groups in total. The van der Waals surface area contributed by atoms with E-state index in [4.69, 9.17) is 0 Å². The number of hydrogen-bond acceptors (Lipinski definition) is 3. The number of aliphatic hydroxyl groups excluding tert-OH is 1. The molecule has 1 aromatic carbocycles. The maximum Gasteiger partial charge on any atom is 0.251 e. The molecular formula is C17H26N2O3. The molecule has 22 heavy (non-hydrogen) atoms. The Balaban J connectivity index is 2.45. The van der Waals surface area contributed by atoms with Crippen molar-refractivity contribution in [2.24, 2.45) is 5.92 Å². The lowest BCUT2D eigenvalue weighted by atomic mass is 10.1. The fourth-order valence-electron chi connectivity index (χ4n) is 2.13. The number of carbonyl (C=O) groups excluding carboxylic acids is 2. The number of rotatable bonds is 7. The summed E-state index contributed by atoms with van der Waals surface area (Å²) in [5.41, 5.74) is 1.51. The summed E-state index contributed by atoms with van der Waals surface area (Å²) in [6.07, 6.45) is 0.0632. The summed E-state index contributed by atoms with van der Waals surface area (Å²) in [5, 5.41) is 15.0. The largest absolute Gasteiger partial charge is 0.391 e. The SMILES string of the molecule is Cc1cccc(C(=O)NC(C)C(=O)NCC(O)CC(C)C)c1. The minimum absolute atomic E-state index is 0.196. The van der Waals surface area contributed by atoms with Crippen molar-refractivity contribution in [3.8, 4) is 0 Å². The number of benzene rings is 1. The van der Waals surface area contributed by atoms with E-state index in [0.29, 0.717) is 17.9 Å². The molecule has 2 unspecified atom stereocenters. The molecule has 0 saturated carbocycles. The summed E-state index contributed by atoms with van der Waals surface area (Å²) < 4.78 is 0. The standard InChI is InChI=1S/C17H26N2O3/c1-11(2)8-15(20)10-18-16(21)13(4)19-17(22)14-7-5-6-12(3)9-14/h5-7,9,11,13,15,20H,8,10H2,1-4H3,(H,18,21)(H,19,22). The lowest BCUT2D eigenvalue weighted by Gasteiger charge is -2.17. The van der Waals surface area contributed by atoms with Crippen LogP contribution in [0.4, 0.5) is 0 Å². The molecule has 0 aromatic heterocycles. The van der Waals surface area contributed by atoms with Crippen molar-refractivity contribution in [3.63, 3.8) is 0 Å². The average Bonchev–Trinajstić information content (AvgIpc) is 2.43. The van der Waals surface area contributed by atoms with Gasteiger partial charge in [-0.2, -0.15) is 0 Å². The number of nitrogens with one attached hydrogen (secondary N) is 2. The summed E-state index contributed by atoms with van der Waals surface area (Å²) in [5.74, 6) is -0.219. The molecule has 122 valence electrons. The van der Waals surface area contributed by atoms with Gasteiger partial charge in [0.2, 0.25) is 5.91 Å². The Kier molecular flexibility index (Phi) is 7.05. The fraction of sp³-hybridized carbons (Fsp3) is 0.529. The van der Waals surface area contributed by atoms with Crippen LogP contribution in [0.15, 0.2) is 24.3 Å². The average molecular weight is 306 g/mol. The Bertz CT molecular complexity index is 514. The number of aliphatic hydroxyl groups is 1. The lowest BCUT2D eigenvalue weighted by Crippen LogP contribution is -2.46. The Morgan fingerprint density at radius 1 is 1.23 bits per heavy atom. The van der Waals surface area contributed by atoms with Gasteiger partial charge in [0.1, 0.15) is 6.04 Å². The van der Waals surface area contributed by atoms with Crippen LogP contribution in [-0.2, 0) is 4.79 Å². The van der Waals surface area contributed by atoms with E-state index in [0.717, 1.165) is 5.56 Å². The van der Waals surface area contributed by atoms with Crippen LogP contribution in [0.5, 0.6) is 0 Å². The third kappa shape index (κ3) is 6.26. The summed E-state index contributed by atoms with van der Waals surface area (Å²) in [7, 11) is 0. The molecule has 1 aromatic rings. The maximum absolute atomic E-state index is 12.1. The van der Waals surface area contributed by atoms with Crippen LogP contribution in [0.3, 0.4) is 0 Å². The van der Waals surface area contributed by atoms with Gasteiger partial charge in [-0.15, -0.1) is 0 Å². The van der Waals surface area contributed by atoms with E-state index >= 15 is 0 Å². The van der Waals surface area contributed by atoms with E-state index in [2.05, 4.69) is 10.6 Å². The third-order valence-corrected chi connectivity index (χ3v) is 3.28. The number of carbonyl (C=O) groups is 2. The first kappa shape index (κ1) is 18.2. The van der Waals surface area contributed by atoms with Gasteiger partial charge >= 0.3 is 0 Å². The van der Waals surface area contributed by atoms with E-state index in [9.17, 15) is 14.7 Å². The second kappa shape index (κ2) is 8.54.